The fourth-order valence-electron chi connectivity index (χ4n) is 5.26. The average Bonchev–Trinajstić information content (AvgIpc) is 3.22. The zero-order chi connectivity index (χ0) is 24.6. The van der Waals surface area contributed by atoms with Gasteiger partial charge in [-0.3, -0.25) is 4.90 Å². The molecule has 1 aromatic heterocycles. The molecule has 0 radical (unpaired) electrons. The molecule has 8 heteroatoms. The number of sulfone groups is 1. The predicted octanol–water partition coefficient (Wildman–Crippen LogP) is 4.20. The van der Waals surface area contributed by atoms with Crippen LogP contribution in [0.2, 0.25) is 19.6 Å². The molecule has 3 heterocycles. The van der Waals surface area contributed by atoms with E-state index in [1.54, 1.807) is 0 Å². The summed E-state index contributed by atoms with van der Waals surface area (Å²) < 4.78 is 29.5. The molecule has 2 aliphatic heterocycles. The minimum Gasteiger partial charge on any atom is -0.381 e. The molecule has 2 N–H and O–H groups in total. The Morgan fingerprint density at radius 1 is 1.06 bits per heavy atom. The van der Waals surface area contributed by atoms with Crippen LogP contribution in [0.15, 0.2) is 42.5 Å². The number of nitrogens with zero attached hydrogens (tertiary/aromatic N) is 1. The number of anilines is 1. The van der Waals surface area contributed by atoms with Crippen LogP contribution in [0, 0.1) is 0 Å². The number of aromatic amines is 1. The summed E-state index contributed by atoms with van der Waals surface area (Å²) >= 11 is 0. The molecule has 5 rings (SSSR count). The molecule has 0 bridgehead atoms. The highest BCUT2D eigenvalue weighted by Gasteiger charge is 2.28. The van der Waals surface area contributed by atoms with Gasteiger partial charge in [-0.05, 0) is 36.1 Å². The highest BCUT2D eigenvalue weighted by atomic mass is 32.2. The average molecular weight is 512 g/mol. The van der Waals surface area contributed by atoms with Gasteiger partial charge in [0.25, 0.3) is 0 Å². The maximum atomic E-state index is 11.9. The molecule has 6 nitrogen and oxygen atoms in total. The molecule has 0 spiro atoms. The van der Waals surface area contributed by atoms with E-state index in [0.29, 0.717) is 19.1 Å². The maximum absolute atomic E-state index is 11.9. The van der Waals surface area contributed by atoms with Crippen LogP contribution >= 0.6 is 0 Å². The number of ether oxygens (including phenoxy) is 1. The molecule has 0 aliphatic carbocycles. The van der Waals surface area contributed by atoms with E-state index < -0.39 is 17.9 Å². The number of hydrogen-bond acceptors (Lipinski definition) is 5. The van der Waals surface area contributed by atoms with E-state index in [1.165, 1.54) is 32.9 Å². The zero-order valence-corrected chi connectivity index (χ0v) is 22.9. The van der Waals surface area contributed by atoms with Crippen molar-refractivity contribution >= 4 is 39.8 Å². The molecule has 2 aliphatic rings. The van der Waals surface area contributed by atoms with E-state index in [4.69, 9.17) is 4.74 Å². The van der Waals surface area contributed by atoms with Crippen LogP contribution in [0.3, 0.4) is 0 Å². The Morgan fingerprint density at radius 3 is 2.40 bits per heavy atom. The Bertz CT molecular complexity index is 1280. The van der Waals surface area contributed by atoms with Crippen molar-refractivity contribution in [3.63, 3.8) is 0 Å². The summed E-state index contributed by atoms with van der Waals surface area (Å²) in [6, 6.07) is 15.7. The summed E-state index contributed by atoms with van der Waals surface area (Å²) in [7, 11) is -4.57. The van der Waals surface area contributed by atoms with Gasteiger partial charge in [-0.2, -0.15) is 0 Å². The summed E-state index contributed by atoms with van der Waals surface area (Å²) in [5, 5.41) is 6.47. The van der Waals surface area contributed by atoms with Gasteiger partial charge in [0.1, 0.15) is 0 Å². The minimum atomic E-state index is -2.89. The van der Waals surface area contributed by atoms with Gasteiger partial charge in [0, 0.05) is 55.2 Å². The number of hydrogen-bond donors (Lipinski definition) is 2. The number of rotatable bonds is 6. The van der Waals surface area contributed by atoms with E-state index in [2.05, 4.69) is 77.3 Å². The number of H-pyrrole nitrogens is 1. The van der Waals surface area contributed by atoms with Crippen molar-refractivity contribution in [1.82, 2.24) is 9.88 Å². The fraction of sp³-hybridized carbons (Fsp3) is 0.481. The Labute approximate surface area is 210 Å². The summed E-state index contributed by atoms with van der Waals surface area (Å²) in [4.78, 5) is 6.15. The lowest BCUT2D eigenvalue weighted by Gasteiger charge is -2.27. The van der Waals surface area contributed by atoms with Gasteiger partial charge < -0.3 is 15.0 Å². The smallest absolute Gasteiger partial charge is 0.152 e. The second kappa shape index (κ2) is 9.73. The monoisotopic (exact) mass is 511 g/mol. The standard InChI is InChI=1S/C27H37N3O3SSi/c1-35(2,3)27-25(21-7-5-4-6-8-21)23-17-20(19-30-11-15-34(31,32)16-12-30)18-24(26(23)29-27)28-22-9-13-33-14-10-22/h4-8,17-18,22,28-29H,9-16,19H2,1-3H3. The van der Waals surface area contributed by atoms with Gasteiger partial charge >= 0.3 is 0 Å². The topological polar surface area (TPSA) is 74.4 Å². The van der Waals surface area contributed by atoms with Crippen LogP contribution in [-0.4, -0.2) is 70.2 Å². The lowest BCUT2D eigenvalue weighted by atomic mass is 10.0. The van der Waals surface area contributed by atoms with Gasteiger partial charge in [0.2, 0.25) is 0 Å². The highest BCUT2D eigenvalue weighted by molar-refractivity contribution is 7.91. The van der Waals surface area contributed by atoms with Crippen molar-refractivity contribution in [2.24, 2.45) is 0 Å². The van der Waals surface area contributed by atoms with Gasteiger partial charge in [-0.15, -0.1) is 0 Å². The lowest BCUT2D eigenvalue weighted by Crippen LogP contribution is -2.39. The molecule has 2 fully saturated rings. The van der Waals surface area contributed by atoms with E-state index in [9.17, 15) is 8.42 Å². The molecule has 3 aromatic rings. The third-order valence-electron chi connectivity index (χ3n) is 7.20. The Kier molecular flexibility index (Phi) is 6.83. The van der Waals surface area contributed by atoms with Crippen LogP contribution in [0.25, 0.3) is 22.0 Å². The van der Waals surface area contributed by atoms with Crippen molar-refractivity contribution in [3.8, 4) is 11.1 Å². The fourth-order valence-corrected chi connectivity index (χ4v) is 8.06. The van der Waals surface area contributed by atoms with E-state index in [0.717, 1.165) is 38.3 Å². The quantitative estimate of drug-likeness (QED) is 0.485. The van der Waals surface area contributed by atoms with Gasteiger partial charge in [-0.1, -0.05) is 50.0 Å². The number of benzene rings is 2. The van der Waals surface area contributed by atoms with Gasteiger partial charge in [-0.25, -0.2) is 8.42 Å². The first-order valence-corrected chi connectivity index (χ1v) is 18.0. The lowest BCUT2D eigenvalue weighted by molar-refractivity contribution is 0.0905. The largest absolute Gasteiger partial charge is 0.381 e. The first-order valence-electron chi connectivity index (χ1n) is 12.7. The van der Waals surface area contributed by atoms with Crippen molar-refractivity contribution in [2.75, 3.05) is 43.1 Å². The maximum Gasteiger partial charge on any atom is 0.152 e. The molecule has 2 aromatic carbocycles. The van der Waals surface area contributed by atoms with Crippen molar-refractivity contribution in [1.29, 1.82) is 0 Å². The molecule has 0 saturated carbocycles. The van der Waals surface area contributed by atoms with E-state index in [-0.39, 0.29) is 11.5 Å². The van der Waals surface area contributed by atoms with Crippen LogP contribution in [0.5, 0.6) is 0 Å². The van der Waals surface area contributed by atoms with Gasteiger partial charge in [0.05, 0.1) is 30.8 Å². The SMILES string of the molecule is C[Si](C)(C)c1[nH]c2c(NC3CCOCC3)cc(CN3CCS(=O)(=O)CC3)cc2c1-c1ccccc1. The second-order valence-electron chi connectivity index (χ2n) is 11.0. The minimum absolute atomic E-state index is 0.252. The summed E-state index contributed by atoms with van der Waals surface area (Å²) in [6.07, 6.45) is 2.01. The third kappa shape index (κ3) is 5.50. The molecular weight excluding hydrogens is 474 g/mol. The van der Waals surface area contributed by atoms with Crippen LogP contribution in [-0.2, 0) is 21.1 Å². The number of nitrogens with one attached hydrogen (secondary N) is 2. The van der Waals surface area contributed by atoms with Crippen LogP contribution < -0.4 is 10.6 Å². The van der Waals surface area contributed by atoms with Crippen molar-refractivity contribution < 1.29 is 13.2 Å². The summed E-state index contributed by atoms with van der Waals surface area (Å²) in [5.74, 6) is 0.503. The van der Waals surface area contributed by atoms with E-state index in [1.807, 2.05) is 0 Å². The predicted molar refractivity (Wildman–Crippen MR) is 148 cm³/mol. The molecule has 2 saturated heterocycles. The van der Waals surface area contributed by atoms with E-state index >= 15 is 0 Å². The summed E-state index contributed by atoms with van der Waals surface area (Å²) in [5.41, 5.74) is 6.12. The Morgan fingerprint density at radius 2 is 1.74 bits per heavy atom. The van der Waals surface area contributed by atoms with Crippen LogP contribution in [0.1, 0.15) is 18.4 Å². The molecule has 35 heavy (non-hydrogen) atoms. The molecule has 0 atom stereocenters. The number of fused-ring (bicyclic) bond motifs is 1. The zero-order valence-electron chi connectivity index (χ0n) is 21.1. The first kappa shape index (κ1) is 24.6. The molecule has 188 valence electrons. The number of aromatic nitrogens is 1. The molecule has 0 unspecified atom stereocenters. The molecular formula is C27H37N3O3SSi. The normalized spacial score (nSPS) is 19.7. The Hall–Kier alpha value is -2.13. The highest BCUT2D eigenvalue weighted by Crippen LogP contribution is 2.35. The second-order valence-corrected chi connectivity index (χ2v) is 18.3. The van der Waals surface area contributed by atoms with Crippen molar-refractivity contribution in [2.45, 2.75) is 45.1 Å². The first-order chi connectivity index (χ1) is 16.7. The Balaban J connectivity index is 1.62. The summed E-state index contributed by atoms with van der Waals surface area (Å²) in [6.45, 7) is 10.7. The van der Waals surface area contributed by atoms with Gasteiger partial charge in [0.15, 0.2) is 9.84 Å². The molecule has 0 amide bonds. The third-order valence-corrected chi connectivity index (χ3v) is 10.7. The van der Waals surface area contributed by atoms with Crippen LogP contribution in [0.4, 0.5) is 5.69 Å². The van der Waals surface area contributed by atoms with Crippen molar-refractivity contribution in [3.05, 3.63) is 48.0 Å².